The molecule has 0 bridgehead atoms. The number of imidazole rings is 1. The van der Waals surface area contributed by atoms with Gasteiger partial charge in [-0.3, -0.25) is 0 Å². The molecule has 1 heterocycles. The Hall–Kier alpha value is -1.81. The van der Waals surface area contributed by atoms with Crippen LogP contribution in [0.4, 0.5) is 0 Å². The fourth-order valence-electron chi connectivity index (χ4n) is 2.27. The van der Waals surface area contributed by atoms with Crippen molar-refractivity contribution >= 4 is 0 Å². The van der Waals surface area contributed by atoms with Crippen LogP contribution in [0.15, 0.2) is 24.5 Å². The lowest BCUT2D eigenvalue weighted by molar-refractivity contribution is 0.293. The van der Waals surface area contributed by atoms with E-state index in [1.807, 2.05) is 19.3 Å². The van der Waals surface area contributed by atoms with Gasteiger partial charge in [-0.1, -0.05) is 12.1 Å². The lowest BCUT2D eigenvalue weighted by atomic mass is 10.1. The average Bonchev–Trinajstić information content (AvgIpc) is 2.78. The number of rotatable bonds is 5. The maximum Gasteiger partial charge on any atom is 0.125 e. The zero-order valence-electron chi connectivity index (χ0n) is 11.8. The van der Waals surface area contributed by atoms with Crippen molar-refractivity contribution in [3.05, 3.63) is 47.0 Å². The number of aromatic nitrogens is 2. The van der Waals surface area contributed by atoms with Gasteiger partial charge in [-0.15, -0.1) is 0 Å². The summed E-state index contributed by atoms with van der Waals surface area (Å²) in [6, 6.07) is 4.18. The first-order chi connectivity index (χ1) is 9.11. The molecule has 4 heteroatoms. The van der Waals surface area contributed by atoms with Gasteiger partial charge in [0.2, 0.25) is 0 Å². The molecule has 2 aromatic rings. The summed E-state index contributed by atoms with van der Waals surface area (Å²) in [6.45, 7) is 8.13. The van der Waals surface area contributed by atoms with Gasteiger partial charge >= 0.3 is 0 Å². The summed E-state index contributed by atoms with van der Waals surface area (Å²) in [5.74, 6) is 1.98. The summed E-state index contributed by atoms with van der Waals surface area (Å²) < 4.78 is 7.99. The molecule has 0 spiro atoms. The van der Waals surface area contributed by atoms with E-state index >= 15 is 0 Å². The van der Waals surface area contributed by atoms with Crippen molar-refractivity contribution in [3.8, 4) is 5.75 Å². The van der Waals surface area contributed by atoms with Crippen molar-refractivity contribution < 1.29 is 4.74 Å². The first kappa shape index (κ1) is 13.6. The van der Waals surface area contributed by atoms with Crippen molar-refractivity contribution in [2.45, 2.75) is 33.9 Å². The van der Waals surface area contributed by atoms with Gasteiger partial charge in [0.25, 0.3) is 0 Å². The number of benzene rings is 1. The number of hydrogen-bond donors (Lipinski definition) is 1. The Morgan fingerprint density at radius 3 is 2.42 bits per heavy atom. The van der Waals surface area contributed by atoms with Crippen molar-refractivity contribution in [1.29, 1.82) is 0 Å². The molecule has 0 saturated carbocycles. The van der Waals surface area contributed by atoms with E-state index < -0.39 is 0 Å². The monoisotopic (exact) mass is 259 g/mol. The van der Waals surface area contributed by atoms with Crippen LogP contribution < -0.4 is 10.5 Å². The molecule has 102 valence electrons. The quantitative estimate of drug-likeness (QED) is 0.896. The molecular weight excluding hydrogens is 238 g/mol. The van der Waals surface area contributed by atoms with Crippen molar-refractivity contribution in [1.82, 2.24) is 9.55 Å². The van der Waals surface area contributed by atoms with Gasteiger partial charge < -0.3 is 15.0 Å². The smallest absolute Gasteiger partial charge is 0.125 e. The maximum absolute atomic E-state index is 5.91. The van der Waals surface area contributed by atoms with Gasteiger partial charge in [0.05, 0.1) is 6.54 Å². The first-order valence-corrected chi connectivity index (χ1v) is 6.52. The molecule has 1 aromatic heterocycles. The number of aryl methyl sites for hydroxylation is 3. The van der Waals surface area contributed by atoms with Gasteiger partial charge in [-0.2, -0.15) is 0 Å². The van der Waals surface area contributed by atoms with Crippen LogP contribution in [-0.4, -0.2) is 16.2 Å². The van der Waals surface area contributed by atoms with Gasteiger partial charge in [-0.25, -0.2) is 4.98 Å². The summed E-state index contributed by atoms with van der Waals surface area (Å²) in [6.07, 6.45) is 3.78. The molecule has 0 amide bonds. The zero-order chi connectivity index (χ0) is 13.8. The molecule has 19 heavy (non-hydrogen) atoms. The largest absolute Gasteiger partial charge is 0.491 e. The average molecular weight is 259 g/mol. The number of nitrogens with two attached hydrogens (primary N) is 1. The van der Waals surface area contributed by atoms with E-state index in [2.05, 4.69) is 35.5 Å². The molecule has 4 nitrogen and oxygen atoms in total. The molecular formula is C15H21N3O. The lowest BCUT2D eigenvalue weighted by Gasteiger charge is -2.14. The highest BCUT2D eigenvalue weighted by Gasteiger charge is 2.06. The van der Waals surface area contributed by atoms with Crippen LogP contribution in [0, 0.1) is 20.8 Å². The molecule has 1 aromatic carbocycles. The molecule has 0 atom stereocenters. The van der Waals surface area contributed by atoms with Gasteiger partial charge in [0, 0.05) is 18.9 Å². The molecule has 2 N–H and O–H groups in total. The molecule has 2 rings (SSSR count). The molecule has 0 aliphatic heterocycles. The Balaban J connectivity index is 2.02. The van der Waals surface area contributed by atoms with Gasteiger partial charge in [0.1, 0.15) is 18.2 Å². The maximum atomic E-state index is 5.91. The Morgan fingerprint density at radius 1 is 1.21 bits per heavy atom. The normalized spacial score (nSPS) is 10.7. The topological polar surface area (TPSA) is 53.1 Å². The molecule has 0 saturated heterocycles. The number of hydrogen-bond acceptors (Lipinski definition) is 3. The SMILES string of the molecule is Cc1cc(CN)cc(C)c1OCCn1ccnc1C. The molecule has 0 aliphatic rings. The van der Waals surface area contributed by atoms with Crippen LogP contribution >= 0.6 is 0 Å². The van der Waals surface area contributed by atoms with Crippen LogP contribution in [-0.2, 0) is 13.1 Å². The Bertz CT molecular complexity index is 537. The molecule has 0 aliphatic carbocycles. The number of ether oxygens (including phenoxy) is 1. The summed E-state index contributed by atoms with van der Waals surface area (Å²) >= 11 is 0. The zero-order valence-corrected chi connectivity index (χ0v) is 11.8. The first-order valence-electron chi connectivity index (χ1n) is 6.52. The van der Waals surface area contributed by atoms with E-state index in [0.717, 1.165) is 34.8 Å². The van der Waals surface area contributed by atoms with Crippen molar-refractivity contribution in [2.24, 2.45) is 5.73 Å². The van der Waals surface area contributed by atoms with Crippen LogP contribution in [0.3, 0.4) is 0 Å². The lowest BCUT2D eigenvalue weighted by Crippen LogP contribution is -2.10. The molecule has 0 fully saturated rings. The molecule has 0 unspecified atom stereocenters. The van der Waals surface area contributed by atoms with E-state index in [4.69, 9.17) is 10.5 Å². The second-order valence-corrected chi connectivity index (χ2v) is 4.78. The van der Waals surface area contributed by atoms with E-state index in [0.29, 0.717) is 13.2 Å². The summed E-state index contributed by atoms with van der Waals surface area (Å²) in [7, 11) is 0. The fourth-order valence-corrected chi connectivity index (χ4v) is 2.27. The minimum absolute atomic E-state index is 0.566. The Kier molecular flexibility index (Phi) is 4.22. The Morgan fingerprint density at radius 2 is 1.89 bits per heavy atom. The summed E-state index contributed by atoms with van der Waals surface area (Å²) in [5.41, 5.74) is 9.10. The minimum atomic E-state index is 0.566. The fraction of sp³-hybridized carbons (Fsp3) is 0.400. The molecule has 0 radical (unpaired) electrons. The third-order valence-electron chi connectivity index (χ3n) is 3.26. The van der Waals surface area contributed by atoms with Gasteiger partial charge in [0.15, 0.2) is 0 Å². The third kappa shape index (κ3) is 3.15. The standard InChI is InChI=1S/C15H21N3O/c1-11-8-14(10-16)9-12(2)15(11)19-7-6-18-5-4-17-13(18)3/h4-5,8-9H,6-7,10,16H2,1-3H3. The van der Waals surface area contributed by atoms with Crippen molar-refractivity contribution in [3.63, 3.8) is 0 Å². The highest BCUT2D eigenvalue weighted by atomic mass is 16.5. The van der Waals surface area contributed by atoms with E-state index in [9.17, 15) is 0 Å². The van der Waals surface area contributed by atoms with E-state index in [1.165, 1.54) is 0 Å². The Labute approximate surface area is 114 Å². The van der Waals surface area contributed by atoms with Crippen LogP contribution in [0.2, 0.25) is 0 Å². The summed E-state index contributed by atoms with van der Waals surface area (Å²) in [5, 5.41) is 0. The number of nitrogens with zero attached hydrogens (tertiary/aromatic N) is 2. The second-order valence-electron chi connectivity index (χ2n) is 4.78. The van der Waals surface area contributed by atoms with E-state index in [1.54, 1.807) is 0 Å². The predicted molar refractivity (Wildman–Crippen MR) is 76.3 cm³/mol. The van der Waals surface area contributed by atoms with Crippen LogP contribution in [0.25, 0.3) is 0 Å². The third-order valence-corrected chi connectivity index (χ3v) is 3.26. The van der Waals surface area contributed by atoms with E-state index in [-0.39, 0.29) is 0 Å². The predicted octanol–water partition coefficient (Wildman–Crippen LogP) is 2.35. The minimum Gasteiger partial charge on any atom is -0.491 e. The highest BCUT2D eigenvalue weighted by Crippen LogP contribution is 2.24. The second kappa shape index (κ2) is 5.89. The van der Waals surface area contributed by atoms with Crippen LogP contribution in [0.1, 0.15) is 22.5 Å². The van der Waals surface area contributed by atoms with Crippen LogP contribution in [0.5, 0.6) is 5.75 Å². The summed E-state index contributed by atoms with van der Waals surface area (Å²) in [4.78, 5) is 4.19. The van der Waals surface area contributed by atoms with Crippen molar-refractivity contribution in [2.75, 3.05) is 6.61 Å². The van der Waals surface area contributed by atoms with Gasteiger partial charge in [-0.05, 0) is 37.5 Å². The highest BCUT2D eigenvalue weighted by molar-refractivity contribution is 5.43.